The van der Waals surface area contributed by atoms with Crippen LogP contribution in [-0.2, 0) is 6.42 Å². The van der Waals surface area contributed by atoms with E-state index in [1.807, 2.05) is 24.4 Å². The first-order valence-corrected chi connectivity index (χ1v) is 8.66. The number of halogens is 2. The van der Waals surface area contributed by atoms with Gasteiger partial charge in [-0.3, -0.25) is 0 Å². The van der Waals surface area contributed by atoms with E-state index in [0.717, 1.165) is 17.5 Å². The molecule has 5 nitrogen and oxygen atoms in total. The summed E-state index contributed by atoms with van der Waals surface area (Å²) in [6.07, 6.45) is 2.70. The number of H-pyrrole nitrogens is 1. The van der Waals surface area contributed by atoms with Crippen LogP contribution in [0.4, 0.5) is 9.18 Å². The van der Waals surface area contributed by atoms with Gasteiger partial charge in [-0.05, 0) is 36.2 Å². The maximum Gasteiger partial charge on any atom is 0.314 e. The van der Waals surface area contributed by atoms with Crippen LogP contribution in [0.5, 0.6) is 5.75 Å². The van der Waals surface area contributed by atoms with Crippen LogP contribution in [0, 0.1) is 5.82 Å². The minimum absolute atomic E-state index is 0.202. The van der Waals surface area contributed by atoms with Gasteiger partial charge in [-0.25, -0.2) is 9.18 Å². The van der Waals surface area contributed by atoms with E-state index >= 15 is 0 Å². The topological polar surface area (TPSA) is 66.2 Å². The average Bonchev–Trinajstić information content (AvgIpc) is 3.03. The average molecular weight is 376 g/mol. The zero-order chi connectivity index (χ0) is 18.4. The lowest BCUT2D eigenvalue weighted by Gasteiger charge is -2.10. The van der Waals surface area contributed by atoms with Gasteiger partial charge in [-0.2, -0.15) is 0 Å². The van der Waals surface area contributed by atoms with Gasteiger partial charge in [0.2, 0.25) is 0 Å². The molecule has 0 fully saturated rings. The van der Waals surface area contributed by atoms with E-state index in [1.54, 1.807) is 0 Å². The zero-order valence-electron chi connectivity index (χ0n) is 14.0. The number of rotatable bonds is 7. The van der Waals surface area contributed by atoms with Crippen LogP contribution >= 0.6 is 11.6 Å². The number of amides is 2. The molecule has 3 aromatic rings. The molecule has 0 unspecified atom stereocenters. The lowest BCUT2D eigenvalue weighted by molar-refractivity contribution is 0.236. The SMILES string of the molecule is O=C(NCCOc1ccc(F)cc1Cl)NCCc1c[nH]c2ccccc12. The molecule has 136 valence electrons. The Balaban J connectivity index is 1.35. The Bertz CT molecular complexity index is 897. The molecule has 3 rings (SSSR count). The molecule has 1 heterocycles. The highest BCUT2D eigenvalue weighted by atomic mass is 35.5. The Morgan fingerprint density at radius 2 is 1.96 bits per heavy atom. The second-order valence-electron chi connectivity index (χ2n) is 5.72. The van der Waals surface area contributed by atoms with Crippen molar-refractivity contribution in [2.75, 3.05) is 19.7 Å². The number of hydrogen-bond donors (Lipinski definition) is 3. The van der Waals surface area contributed by atoms with E-state index in [1.165, 1.54) is 23.6 Å². The quantitative estimate of drug-likeness (QED) is 0.549. The van der Waals surface area contributed by atoms with E-state index in [2.05, 4.69) is 21.7 Å². The molecular weight excluding hydrogens is 357 g/mol. The van der Waals surface area contributed by atoms with Crippen molar-refractivity contribution < 1.29 is 13.9 Å². The molecule has 2 amide bonds. The van der Waals surface area contributed by atoms with Gasteiger partial charge in [-0.15, -0.1) is 0 Å². The highest BCUT2D eigenvalue weighted by molar-refractivity contribution is 6.32. The molecule has 0 aliphatic carbocycles. The van der Waals surface area contributed by atoms with Gasteiger partial charge in [0.1, 0.15) is 18.2 Å². The molecular formula is C19H19ClFN3O2. The van der Waals surface area contributed by atoms with Crippen LogP contribution in [-0.4, -0.2) is 30.7 Å². The van der Waals surface area contributed by atoms with Crippen molar-refractivity contribution in [3.8, 4) is 5.75 Å². The molecule has 0 bridgehead atoms. The van der Waals surface area contributed by atoms with Crippen LogP contribution in [0.25, 0.3) is 10.9 Å². The van der Waals surface area contributed by atoms with Crippen molar-refractivity contribution in [3.63, 3.8) is 0 Å². The third-order valence-corrected chi connectivity index (χ3v) is 4.19. The Morgan fingerprint density at radius 1 is 1.15 bits per heavy atom. The third kappa shape index (κ3) is 4.67. The molecule has 0 atom stereocenters. The first-order chi connectivity index (χ1) is 12.6. The highest BCUT2D eigenvalue weighted by Gasteiger charge is 2.05. The molecule has 2 aromatic carbocycles. The minimum atomic E-state index is -0.421. The summed E-state index contributed by atoms with van der Waals surface area (Å²) in [5.41, 5.74) is 2.25. The Labute approximate surface area is 155 Å². The molecule has 3 N–H and O–H groups in total. The standard InChI is InChI=1S/C19H19ClFN3O2/c20-16-11-14(21)5-6-18(16)26-10-9-23-19(25)22-8-7-13-12-24-17-4-2-1-3-15(13)17/h1-6,11-12,24H,7-10H2,(H2,22,23,25). The fraction of sp³-hybridized carbons (Fsp3) is 0.211. The van der Waals surface area contributed by atoms with Crippen LogP contribution in [0.3, 0.4) is 0 Å². The lowest BCUT2D eigenvalue weighted by Crippen LogP contribution is -2.38. The Morgan fingerprint density at radius 3 is 2.81 bits per heavy atom. The lowest BCUT2D eigenvalue weighted by atomic mass is 10.1. The van der Waals surface area contributed by atoms with Gasteiger partial charge in [0.05, 0.1) is 11.6 Å². The summed E-state index contributed by atoms with van der Waals surface area (Å²) in [6.45, 7) is 1.08. The maximum atomic E-state index is 12.9. The second-order valence-corrected chi connectivity index (χ2v) is 6.12. The molecule has 26 heavy (non-hydrogen) atoms. The molecule has 1 aromatic heterocycles. The van der Waals surface area contributed by atoms with Crippen molar-refractivity contribution in [2.24, 2.45) is 0 Å². The van der Waals surface area contributed by atoms with E-state index in [0.29, 0.717) is 18.8 Å². The van der Waals surface area contributed by atoms with Crippen molar-refractivity contribution >= 4 is 28.5 Å². The third-order valence-electron chi connectivity index (χ3n) is 3.89. The monoisotopic (exact) mass is 375 g/mol. The van der Waals surface area contributed by atoms with Crippen molar-refractivity contribution in [3.05, 3.63) is 65.1 Å². The van der Waals surface area contributed by atoms with Crippen LogP contribution in [0.15, 0.2) is 48.7 Å². The summed E-state index contributed by atoms with van der Waals surface area (Å²) in [6, 6.07) is 11.7. The number of ether oxygens (including phenoxy) is 1. The van der Waals surface area contributed by atoms with E-state index in [-0.39, 0.29) is 17.7 Å². The number of carbonyl (C=O) groups is 1. The van der Waals surface area contributed by atoms with Crippen molar-refractivity contribution in [1.82, 2.24) is 15.6 Å². The molecule has 0 spiro atoms. The molecule has 0 radical (unpaired) electrons. The Hall–Kier alpha value is -2.73. The predicted molar refractivity (Wildman–Crippen MR) is 100 cm³/mol. The van der Waals surface area contributed by atoms with Gasteiger partial charge in [0.15, 0.2) is 0 Å². The summed E-state index contributed by atoms with van der Waals surface area (Å²) >= 11 is 5.86. The van der Waals surface area contributed by atoms with Gasteiger partial charge in [-0.1, -0.05) is 29.8 Å². The molecule has 0 aliphatic heterocycles. The van der Waals surface area contributed by atoms with Gasteiger partial charge >= 0.3 is 6.03 Å². The molecule has 0 saturated carbocycles. The second kappa shape index (κ2) is 8.58. The largest absolute Gasteiger partial charge is 0.490 e. The number of aromatic nitrogens is 1. The number of urea groups is 1. The molecule has 7 heteroatoms. The Kier molecular flexibility index (Phi) is 5.96. The molecule has 0 saturated heterocycles. The first kappa shape index (κ1) is 18.1. The maximum absolute atomic E-state index is 12.9. The normalized spacial score (nSPS) is 10.7. The smallest absolute Gasteiger partial charge is 0.314 e. The van der Waals surface area contributed by atoms with E-state index in [9.17, 15) is 9.18 Å². The molecule has 0 aliphatic rings. The van der Waals surface area contributed by atoms with Crippen LogP contribution < -0.4 is 15.4 Å². The van der Waals surface area contributed by atoms with Gasteiger partial charge in [0.25, 0.3) is 0 Å². The number of fused-ring (bicyclic) bond motifs is 1. The van der Waals surface area contributed by atoms with Gasteiger partial charge in [0, 0.05) is 23.6 Å². The summed E-state index contributed by atoms with van der Waals surface area (Å²) in [7, 11) is 0. The van der Waals surface area contributed by atoms with Crippen molar-refractivity contribution in [2.45, 2.75) is 6.42 Å². The number of carbonyl (C=O) groups excluding carboxylic acids is 1. The van der Waals surface area contributed by atoms with E-state index in [4.69, 9.17) is 16.3 Å². The summed E-state index contributed by atoms with van der Waals surface area (Å²) in [5.74, 6) is -0.0373. The number of para-hydroxylation sites is 1. The van der Waals surface area contributed by atoms with Crippen molar-refractivity contribution in [1.29, 1.82) is 0 Å². The number of benzene rings is 2. The highest BCUT2D eigenvalue weighted by Crippen LogP contribution is 2.24. The minimum Gasteiger partial charge on any atom is -0.490 e. The van der Waals surface area contributed by atoms with Crippen LogP contribution in [0.2, 0.25) is 5.02 Å². The van der Waals surface area contributed by atoms with E-state index < -0.39 is 5.82 Å². The number of nitrogens with one attached hydrogen (secondary N) is 3. The fourth-order valence-corrected chi connectivity index (χ4v) is 2.85. The van der Waals surface area contributed by atoms with Gasteiger partial charge < -0.3 is 20.4 Å². The first-order valence-electron chi connectivity index (χ1n) is 8.28. The predicted octanol–water partition coefficient (Wildman–Crippen LogP) is 3.88. The zero-order valence-corrected chi connectivity index (χ0v) is 14.8. The van der Waals surface area contributed by atoms with Crippen LogP contribution in [0.1, 0.15) is 5.56 Å². The summed E-state index contributed by atoms with van der Waals surface area (Å²) < 4.78 is 18.3. The summed E-state index contributed by atoms with van der Waals surface area (Å²) in [5, 5.41) is 6.88. The number of hydrogen-bond acceptors (Lipinski definition) is 2. The summed E-state index contributed by atoms with van der Waals surface area (Å²) in [4.78, 5) is 15.0. The number of aromatic amines is 1. The fourth-order valence-electron chi connectivity index (χ4n) is 2.63.